The van der Waals surface area contributed by atoms with Crippen molar-refractivity contribution in [2.45, 2.75) is 44.9 Å². The molecule has 144 valence electrons. The summed E-state index contributed by atoms with van der Waals surface area (Å²) >= 11 is 0.119. The number of rotatable bonds is 5. The Labute approximate surface area is 196 Å². The molecule has 1 aliphatic heterocycles. The SMILES string of the molecule is [2H]c1nc(N([2H])C2([2H])C([2H])([2H])C([2H])([2H])N(C([2H])c3cccc(C#N)c3)C([2H])([2H])C2([2H])[2H])c2sc(C([2H])(C([2H])([2H])[2H])C([2H])([2H])[2H])nc2n1. The number of thiazole rings is 1. The van der Waals surface area contributed by atoms with E-state index in [4.69, 9.17) is 26.1 Å². The van der Waals surface area contributed by atoms with Crippen LogP contribution < -0.4 is 5.31 Å². The first-order valence-electron chi connectivity index (χ1n) is 17.3. The molecule has 1 unspecified atom stereocenters. The van der Waals surface area contributed by atoms with Gasteiger partial charge in [0, 0.05) is 53.4 Å². The minimum absolute atomic E-state index is 0.0207. The van der Waals surface area contributed by atoms with Crippen molar-refractivity contribution >= 4 is 27.5 Å². The number of nitriles is 1. The van der Waals surface area contributed by atoms with Crippen LogP contribution in [0.5, 0.6) is 0 Å². The molecule has 7 heteroatoms. The van der Waals surface area contributed by atoms with Gasteiger partial charge in [0.2, 0.25) is 0 Å². The van der Waals surface area contributed by atoms with Crippen molar-refractivity contribution in [1.82, 2.24) is 19.9 Å². The molecule has 1 fully saturated rings. The molecule has 4 rings (SSSR count). The van der Waals surface area contributed by atoms with Crippen LogP contribution in [-0.4, -0.2) is 38.9 Å². The molecule has 1 aromatic carbocycles. The lowest BCUT2D eigenvalue weighted by molar-refractivity contribution is 0.211. The molecule has 0 amide bonds. The molecule has 1 N–H and O–H groups in total. The molecule has 0 radical (unpaired) electrons. The lowest BCUT2D eigenvalue weighted by Gasteiger charge is -2.32. The van der Waals surface area contributed by atoms with Gasteiger partial charge in [-0.2, -0.15) is 5.26 Å². The molecule has 1 aliphatic rings. The van der Waals surface area contributed by atoms with Crippen molar-refractivity contribution in [3.63, 3.8) is 0 Å². The molecule has 2 aromatic heterocycles. The van der Waals surface area contributed by atoms with E-state index in [-0.39, 0.29) is 32.7 Å². The van der Waals surface area contributed by atoms with Gasteiger partial charge in [-0.25, -0.2) is 15.0 Å². The minimum atomic E-state index is -3.97. The first kappa shape index (κ1) is 6.75. The molecular formula is C21H24N6S. The van der Waals surface area contributed by atoms with Gasteiger partial charge in [-0.05, 0) is 30.4 Å². The normalized spacial score (nSPS) is 36.5. The maximum absolute atomic E-state index is 9.25. The Hall–Kier alpha value is -2.56. The molecule has 1 saturated heterocycles. The maximum Gasteiger partial charge on any atom is 0.175 e. The van der Waals surface area contributed by atoms with Crippen LogP contribution in [0.15, 0.2) is 30.6 Å². The zero-order valence-corrected chi connectivity index (χ0v) is 14.8. The topological polar surface area (TPSA) is 77.7 Å². The van der Waals surface area contributed by atoms with Crippen molar-refractivity contribution in [2.24, 2.45) is 0 Å². The van der Waals surface area contributed by atoms with Crippen LogP contribution in [0.2, 0.25) is 1.41 Å². The molecule has 0 spiro atoms. The van der Waals surface area contributed by atoms with Crippen LogP contribution in [0.1, 0.15) is 73.2 Å². The maximum atomic E-state index is 9.25. The first-order valence-corrected chi connectivity index (χ1v) is 8.55. The van der Waals surface area contributed by atoms with Crippen molar-refractivity contribution in [2.75, 3.05) is 18.3 Å². The van der Waals surface area contributed by atoms with Crippen LogP contribution in [0.4, 0.5) is 5.82 Å². The van der Waals surface area contributed by atoms with E-state index in [2.05, 4.69) is 15.0 Å². The van der Waals surface area contributed by atoms with Crippen molar-refractivity contribution in [3.05, 3.63) is 46.7 Å². The Morgan fingerprint density at radius 2 is 2.43 bits per heavy atom. The third-order valence-electron chi connectivity index (χ3n) is 3.44. The number of anilines is 1. The van der Waals surface area contributed by atoms with Gasteiger partial charge >= 0.3 is 0 Å². The van der Waals surface area contributed by atoms with Crippen LogP contribution in [-0.2, 0) is 6.52 Å². The predicted octanol–water partition coefficient (Wildman–Crippen LogP) is 4.16. The van der Waals surface area contributed by atoms with Gasteiger partial charge in [0.1, 0.15) is 18.2 Å². The molecule has 0 bridgehead atoms. The Kier molecular flexibility index (Phi) is 1.98. The van der Waals surface area contributed by atoms with E-state index in [1.807, 2.05) is 0 Å². The van der Waals surface area contributed by atoms with Gasteiger partial charge in [0.25, 0.3) is 0 Å². The lowest BCUT2D eigenvalue weighted by Crippen LogP contribution is -2.38. The standard InChI is InChI=1S/C21H24N6S/c1-14(2)21-26-20-18(28-21)19(23-13-24-20)25-17-6-8-27(9-7-17)12-16-5-3-4-15(10-16)11-22/h3-5,10,13-14,17H,6-9,12H2,1-2H3,(H,23,24,25)/i1D3,2D3,6D2,7D2,8D2,9D2,12D,13D,14D,17D/hD. The zero-order chi connectivity index (χ0) is 36.1. The zero-order valence-electron chi connectivity index (χ0n) is 33.0. The van der Waals surface area contributed by atoms with Gasteiger partial charge in [-0.3, -0.25) is 4.90 Å². The van der Waals surface area contributed by atoms with Crippen molar-refractivity contribution in [3.8, 4) is 6.07 Å². The fourth-order valence-electron chi connectivity index (χ4n) is 2.24. The molecular weight excluding hydrogens is 368 g/mol. The summed E-state index contributed by atoms with van der Waals surface area (Å²) in [7, 11) is 0. The summed E-state index contributed by atoms with van der Waals surface area (Å²) in [5.74, 6) is -4.46. The monoisotopic (exact) mass is 411 g/mol. The van der Waals surface area contributed by atoms with Crippen LogP contribution in [0.25, 0.3) is 10.3 Å². The summed E-state index contributed by atoms with van der Waals surface area (Å²) in [6.45, 7) is -16.8. The Bertz CT molecular complexity index is 1700. The Morgan fingerprint density at radius 1 is 1.57 bits per heavy atom. The number of aromatic nitrogens is 3. The Balaban J connectivity index is 1.98. The fraction of sp³-hybridized carbons (Fsp3) is 0.429. The number of nitrogens with zero attached hydrogens (tertiary/aromatic N) is 5. The molecule has 6 nitrogen and oxygen atoms in total. The highest BCUT2D eigenvalue weighted by molar-refractivity contribution is 7.19. The summed E-state index contributed by atoms with van der Waals surface area (Å²) in [5.41, 5.74) is -0.925. The lowest BCUT2D eigenvalue weighted by atomic mass is 10.0. The van der Waals surface area contributed by atoms with Gasteiger partial charge in [0.15, 0.2) is 7.06 Å². The molecule has 0 saturated carbocycles. The van der Waals surface area contributed by atoms with Crippen molar-refractivity contribution in [1.29, 1.82) is 5.26 Å². The third-order valence-corrected chi connectivity index (χ3v) is 4.50. The van der Waals surface area contributed by atoms with Gasteiger partial charge in [0.05, 0.1) is 18.0 Å². The number of nitrogens with one attached hydrogen (secondary N) is 1. The van der Waals surface area contributed by atoms with Gasteiger partial charge in [-0.15, -0.1) is 11.3 Å². The second kappa shape index (κ2) is 8.21. The first-order chi connectivity index (χ1) is 21.1. The highest BCUT2D eigenvalue weighted by Gasteiger charge is 2.21. The quantitative estimate of drug-likeness (QED) is 0.679. The summed E-state index contributed by atoms with van der Waals surface area (Å²) in [4.78, 5) is 11.0. The number of hydrogen-bond donors (Lipinski definition) is 1. The number of piperidine rings is 1. The van der Waals surface area contributed by atoms with E-state index in [1.165, 1.54) is 18.2 Å². The summed E-state index contributed by atoms with van der Waals surface area (Å²) < 4.78 is 159. The second-order valence-corrected chi connectivity index (χ2v) is 6.36. The van der Waals surface area contributed by atoms with E-state index in [0.29, 0.717) is 0 Å². The van der Waals surface area contributed by atoms with E-state index in [9.17, 15) is 5.26 Å². The predicted molar refractivity (Wildman–Crippen MR) is 112 cm³/mol. The molecule has 0 aliphatic carbocycles. The average molecular weight is 412 g/mol. The smallest absolute Gasteiger partial charge is 0.175 e. The van der Waals surface area contributed by atoms with Gasteiger partial charge in [-0.1, -0.05) is 25.8 Å². The number of fused-ring (bicyclic) bond motifs is 1. The van der Waals surface area contributed by atoms with Crippen LogP contribution >= 0.6 is 11.3 Å². The third kappa shape index (κ3) is 4.13. The number of hydrogen-bond acceptors (Lipinski definition) is 7. The van der Waals surface area contributed by atoms with E-state index >= 15 is 0 Å². The highest BCUT2D eigenvalue weighted by Crippen LogP contribution is 2.31. The minimum Gasteiger partial charge on any atom is -0.366 e. The molecule has 3 heterocycles. The van der Waals surface area contributed by atoms with E-state index < -0.39 is 85.4 Å². The van der Waals surface area contributed by atoms with Crippen molar-refractivity contribution < 1.29 is 26.1 Å². The fourth-order valence-corrected chi connectivity index (χ4v) is 3.03. The average Bonchev–Trinajstić information content (AvgIpc) is 3.37. The molecule has 1 atom stereocenters. The van der Waals surface area contributed by atoms with Gasteiger partial charge < -0.3 is 5.31 Å². The summed E-state index contributed by atoms with van der Waals surface area (Å²) in [6.07, 6.45) is -8.92. The largest absolute Gasteiger partial charge is 0.366 e. The number of benzene rings is 1. The van der Waals surface area contributed by atoms with E-state index in [1.54, 1.807) is 6.07 Å². The summed E-state index contributed by atoms with van der Waals surface area (Å²) in [5, 5.41) is 7.97. The second-order valence-electron chi connectivity index (χ2n) is 5.36. The number of likely N-dealkylation sites (tertiary alicyclic amines) is 1. The summed E-state index contributed by atoms with van der Waals surface area (Å²) in [6, 6.07) is 2.73. The van der Waals surface area contributed by atoms with Crippen LogP contribution in [0.3, 0.4) is 0 Å². The molecule has 28 heavy (non-hydrogen) atoms. The Morgan fingerprint density at radius 3 is 3.21 bits per heavy atom. The van der Waals surface area contributed by atoms with Crippen LogP contribution in [0, 0.1) is 11.3 Å². The molecule has 3 aromatic rings. The van der Waals surface area contributed by atoms with E-state index in [0.717, 1.165) is 6.07 Å². The highest BCUT2D eigenvalue weighted by atomic mass is 32.1.